The Morgan fingerprint density at radius 2 is 1.89 bits per heavy atom. The number of piperidine rings is 1. The average Bonchev–Trinajstić information content (AvgIpc) is 2.68. The lowest BCUT2D eigenvalue weighted by Crippen LogP contribution is -2.39. The molecule has 144 valence electrons. The molecule has 0 aliphatic carbocycles. The van der Waals surface area contributed by atoms with Gasteiger partial charge in [0.05, 0.1) is 17.4 Å². The number of nitrogens with zero attached hydrogens (tertiary/aromatic N) is 5. The van der Waals surface area contributed by atoms with Crippen LogP contribution < -0.4 is 15.8 Å². The van der Waals surface area contributed by atoms with E-state index < -0.39 is 0 Å². The third kappa shape index (κ3) is 4.69. The molecule has 8 nitrogen and oxygen atoms in total. The monoisotopic (exact) mass is 370 g/mol. The summed E-state index contributed by atoms with van der Waals surface area (Å²) in [5.41, 5.74) is 1.25. The Balaban J connectivity index is 1.48. The first-order chi connectivity index (χ1) is 12.9. The Labute approximate surface area is 158 Å². The number of hydrogen-bond acceptors (Lipinski definition) is 6. The van der Waals surface area contributed by atoms with Gasteiger partial charge in [-0.1, -0.05) is 13.8 Å². The number of aromatic nitrogens is 4. The maximum atomic E-state index is 12.3. The fraction of sp³-hybridized carbons (Fsp3) is 0.526. The van der Waals surface area contributed by atoms with Gasteiger partial charge >= 0.3 is 0 Å². The van der Waals surface area contributed by atoms with Gasteiger partial charge < -0.3 is 10.2 Å². The Hall–Kier alpha value is -2.77. The summed E-state index contributed by atoms with van der Waals surface area (Å²) in [4.78, 5) is 34.7. The van der Waals surface area contributed by atoms with Crippen molar-refractivity contribution in [1.29, 1.82) is 0 Å². The van der Waals surface area contributed by atoms with Crippen LogP contribution >= 0.6 is 0 Å². The van der Waals surface area contributed by atoms with Crippen LogP contribution in [-0.4, -0.2) is 45.3 Å². The van der Waals surface area contributed by atoms with Crippen LogP contribution in [-0.2, 0) is 7.05 Å². The molecular weight excluding hydrogens is 344 g/mol. The van der Waals surface area contributed by atoms with Crippen molar-refractivity contribution in [1.82, 2.24) is 25.1 Å². The predicted octanol–water partition coefficient (Wildman–Crippen LogP) is 1.34. The van der Waals surface area contributed by atoms with Gasteiger partial charge in [0.1, 0.15) is 5.82 Å². The Morgan fingerprint density at radius 3 is 2.48 bits per heavy atom. The number of amides is 1. The average molecular weight is 370 g/mol. The van der Waals surface area contributed by atoms with Gasteiger partial charge in [0, 0.05) is 51.1 Å². The van der Waals surface area contributed by atoms with E-state index in [-0.39, 0.29) is 17.4 Å². The molecule has 1 aliphatic heterocycles. The van der Waals surface area contributed by atoms with Gasteiger partial charge in [0.15, 0.2) is 0 Å². The number of nitrogens with one attached hydrogen (secondary N) is 1. The van der Waals surface area contributed by atoms with Crippen LogP contribution in [0.15, 0.2) is 29.5 Å². The molecule has 0 saturated carbocycles. The molecule has 0 spiro atoms. The van der Waals surface area contributed by atoms with E-state index in [1.54, 1.807) is 31.7 Å². The van der Waals surface area contributed by atoms with Crippen molar-refractivity contribution < 1.29 is 4.79 Å². The maximum absolute atomic E-state index is 12.3. The first-order valence-electron chi connectivity index (χ1n) is 9.32. The van der Waals surface area contributed by atoms with Gasteiger partial charge in [-0.05, 0) is 18.8 Å². The second-order valence-electron chi connectivity index (χ2n) is 7.30. The van der Waals surface area contributed by atoms with Crippen LogP contribution in [0, 0.1) is 5.92 Å². The van der Waals surface area contributed by atoms with Gasteiger partial charge in [0.25, 0.3) is 11.5 Å². The van der Waals surface area contributed by atoms with Crippen molar-refractivity contribution in [3.8, 4) is 0 Å². The molecule has 1 fully saturated rings. The summed E-state index contributed by atoms with van der Waals surface area (Å²) in [5.74, 6) is 1.26. The fourth-order valence-corrected chi connectivity index (χ4v) is 3.12. The normalized spacial score (nSPS) is 15.2. The zero-order chi connectivity index (χ0) is 19.4. The Morgan fingerprint density at radius 1 is 1.22 bits per heavy atom. The minimum Gasteiger partial charge on any atom is -0.370 e. The highest BCUT2D eigenvalue weighted by Crippen LogP contribution is 2.21. The molecule has 0 aromatic carbocycles. The van der Waals surface area contributed by atoms with Crippen molar-refractivity contribution in [2.24, 2.45) is 13.0 Å². The third-order valence-corrected chi connectivity index (χ3v) is 4.93. The lowest BCUT2D eigenvalue weighted by Gasteiger charge is -2.33. The van der Waals surface area contributed by atoms with Crippen molar-refractivity contribution in [2.75, 3.05) is 24.5 Å². The van der Waals surface area contributed by atoms with Crippen molar-refractivity contribution in [3.63, 3.8) is 0 Å². The molecule has 3 rings (SSSR count). The van der Waals surface area contributed by atoms with E-state index in [1.807, 2.05) is 13.8 Å². The Kier molecular flexibility index (Phi) is 5.83. The second kappa shape index (κ2) is 8.28. The predicted molar refractivity (Wildman–Crippen MR) is 103 cm³/mol. The highest BCUT2D eigenvalue weighted by molar-refractivity contribution is 5.93. The van der Waals surface area contributed by atoms with Crippen LogP contribution in [0.1, 0.15) is 48.8 Å². The van der Waals surface area contributed by atoms with Crippen molar-refractivity contribution in [3.05, 3.63) is 46.4 Å². The lowest BCUT2D eigenvalue weighted by molar-refractivity contribution is 0.0944. The van der Waals surface area contributed by atoms with Crippen LogP contribution in [0.25, 0.3) is 0 Å². The largest absolute Gasteiger partial charge is 0.370 e. The summed E-state index contributed by atoms with van der Waals surface area (Å²) in [7, 11) is 1.64. The summed E-state index contributed by atoms with van der Waals surface area (Å²) >= 11 is 0. The molecule has 2 aromatic heterocycles. The molecule has 1 amide bonds. The van der Waals surface area contributed by atoms with E-state index in [1.165, 1.54) is 4.68 Å². The van der Waals surface area contributed by atoms with E-state index >= 15 is 0 Å². The van der Waals surface area contributed by atoms with Crippen molar-refractivity contribution >= 4 is 11.6 Å². The molecule has 2 aromatic rings. The standard InChI is InChI=1S/C19H26N6O2/c1-13(2)18-20-10-15(11-21-18)19(27)22-9-14-4-6-25(7-5-14)16-8-17(26)24(3)23-12-16/h8,10-14H,4-7,9H2,1-3H3,(H,22,27). The summed E-state index contributed by atoms with van der Waals surface area (Å²) in [6.07, 6.45) is 6.81. The Bertz CT molecular complexity index is 838. The molecule has 0 atom stereocenters. The SMILES string of the molecule is CC(C)c1ncc(C(=O)NCC2CCN(c3cnn(C)c(=O)c3)CC2)cn1. The zero-order valence-electron chi connectivity index (χ0n) is 16.1. The summed E-state index contributed by atoms with van der Waals surface area (Å²) in [6, 6.07) is 1.62. The minimum atomic E-state index is -0.136. The van der Waals surface area contributed by atoms with Crippen molar-refractivity contribution in [2.45, 2.75) is 32.6 Å². The molecule has 1 aliphatic rings. The highest BCUT2D eigenvalue weighted by Gasteiger charge is 2.21. The van der Waals surface area contributed by atoms with Crippen LogP contribution in [0.3, 0.4) is 0 Å². The number of anilines is 1. The number of rotatable bonds is 5. The number of hydrogen-bond donors (Lipinski definition) is 1. The van der Waals surface area contributed by atoms with E-state index in [0.717, 1.165) is 37.4 Å². The highest BCUT2D eigenvalue weighted by atomic mass is 16.1. The molecule has 1 saturated heterocycles. The number of aryl methyl sites for hydroxylation is 1. The molecule has 8 heteroatoms. The quantitative estimate of drug-likeness (QED) is 0.854. The molecule has 0 unspecified atom stereocenters. The molecule has 1 N–H and O–H groups in total. The minimum absolute atomic E-state index is 0.104. The van der Waals surface area contributed by atoms with Crippen LogP contribution in [0.2, 0.25) is 0 Å². The van der Waals surface area contributed by atoms with Gasteiger partial charge in [0.2, 0.25) is 0 Å². The first kappa shape index (κ1) is 19.0. The summed E-state index contributed by atoms with van der Waals surface area (Å²) < 4.78 is 1.32. The van der Waals surface area contributed by atoms with Gasteiger partial charge in [-0.25, -0.2) is 14.6 Å². The second-order valence-corrected chi connectivity index (χ2v) is 7.30. The third-order valence-electron chi connectivity index (χ3n) is 4.93. The summed E-state index contributed by atoms with van der Waals surface area (Å²) in [6.45, 7) is 6.37. The van der Waals surface area contributed by atoms with Gasteiger partial charge in [-0.2, -0.15) is 5.10 Å². The molecule has 27 heavy (non-hydrogen) atoms. The van der Waals surface area contributed by atoms with E-state index in [9.17, 15) is 9.59 Å². The number of carbonyl (C=O) groups is 1. The zero-order valence-corrected chi connectivity index (χ0v) is 16.1. The maximum Gasteiger partial charge on any atom is 0.268 e. The van der Waals surface area contributed by atoms with Gasteiger partial charge in [-0.3, -0.25) is 9.59 Å². The molecule has 3 heterocycles. The lowest BCUT2D eigenvalue weighted by atomic mass is 9.96. The van der Waals surface area contributed by atoms with Crippen LogP contribution in [0.4, 0.5) is 5.69 Å². The topological polar surface area (TPSA) is 93.0 Å². The van der Waals surface area contributed by atoms with E-state index in [0.29, 0.717) is 18.0 Å². The smallest absolute Gasteiger partial charge is 0.268 e. The molecular formula is C19H26N6O2. The molecule has 0 radical (unpaired) electrons. The summed E-state index contributed by atoms with van der Waals surface area (Å²) in [5, 5.41) is 7.06. The van der Waals surface area contributed by atoms with E-state index in [4.69, 9.17) is 0 Å². The fourth-order valence-electron chi connectivity index (χ4n) is 3.12. The van der Waals surface area contributed by atoms with E-state index in [2.05, 4.69) is 25.3 Å². The molecule has 0 bridgehead atoms. The van der Waals surface area contributed by atoms with Crippen LogP contribution in [0.5, 0.6) is 0 Å². The number of carbonyl (C=O) groups excluding carboxylic acids is 1. The van der Waals surface area contributed by atoms with Gasteiger partial charge in [-0.15, -0.1) is 0 Å². The first-order valence-corrected chi connectivity index (χ1v) is 9.32.